The minimum absolute atomic E-state index is 0.0489. The third-order valence-electron chi connectivity index (χ3n) is 3.59. The van der Waals surface area contributed by atoms with E-state index in [4.69, 9.17) is 16.3 Å². The zero-order valence-corrected chi connectivity index (χ0v) is 11.8. The molecule has 2 unspecified atom stereocenters. The van der Waals surface area contributed by atoms with Crippen molar-refractivity contribution in [2.45, 2.75) is 51.0 Å². The minimum Gasteiger partial charge on any atom is -0.378 e. The van der Waals surface area contributed by atoms with E-state index in [1.165, 1.54) is 0 Å². The predicted octanol–water partition coefficient (Wildman–Crippen LogP) is 4.68. The maximum atomic E-state index is 13.5. The van der Waals surface area contributed by atoms with Crippen LogP contribution in [-0.2, 0) is 4.74 Å². The standard InChI is InChI=1S/C15H20ClFO/c1-10-8-12(9-11(2)15(10)17)14(16)6-5-13-4-3-7-18-13/h8-9,13-14H,3-7H2,1-2H3. The van der Waals surface area contributed by atoms with E-state index in [1.54, 1.807) is 13.8 Å². The summed E-state index contributed by atoms with van der Waals surface area (Å²) in [4.78, 5) is 0. The second-order valence-corrected chi connectivity index (χ2v) is 5.68. The monoisotopic (exact) mass is 270 g/mol. The second kappa shape index (κ2) is 6.03. The Labute approximate surface area is 113 Å². The number of aryl methyl sites for hydroxylation is 2. The first-order chi connectivity index (χ1) is 8.58. The number of benzene rings is 1. The average molecular weight is 271 g/mol. The Bertz CT molecular complexity index is 390. The number of rotatable bonds is 4. The first kappa shape index (κ1) is 13.8. The molecule has 3 heteroatoms. The van der Waals surface area contributed by atoms with Gasteiger partial charge in [-0.2, -0.15) is 0 Å². The van der Waals surface area contributed by atoms with Crippen molar-refractivity contribution in [3.63, 3.8) is 0 Å². The zero-order chi connectivity index (χ0) is 13.1. The van der Waals surface area contributed by atoms with Crippen molar-refractivity contribution in [2.75, 3.05) is 6.61 Å². The molecule has 1 aromatic carbocycles. The fourth-order valence-electron chi connectivity index (χ4n) is 2.53. The van der Waals surface area contributed by atoms with Gasteiger partial charge in [0, 0.05) is 6.61 Å². The van der Waals surface area contributed by atoms with Crippen molar-refractivity contribution in [1.82, 2.24) is 0 Å². The van der Waals surface area contributed by atoms with Crippen molar-refractivity contribution < 1.29 is 9.13 Å². The van der Waals surface area contributed by atoms with Gasteiger partial charge in [-0.1, -0.05) is 12.1 Å². The lowest BCUT2D eigenvalue weighted by atomic mass is 10.00. The van der Waals surface area contributed by atoms with Crippen LogP contribution in [0.5, 0.6) is 0 Å². The van der Waals surface area contributed by atoms with Crippen molar-refractivity contribution in [2.24, 2.45) is 0 Å². The van der Waals surface area contributed by atoms with Crippen LogP contribution in [0, 0.1) is 19.7 Å². The Kier molecular flexibility index (Phi) is 4.63. The Hall–Kier alpha value is -0.600. The molecular formula is C15H20ClFO. The summed E-state index contributed by atoms with van der Waals surface area (Å²) >= 11 is 6.40. The molecule has 2 atom stereocenters. The van der Waals surface area contributed by atoms with E-state index in [2.05, 4.69) is 0 Å². The molecule has 0 aromatic heterocycles. The summed E-state index contributed by atoms with van der Waals surface area (Å²) in [6, 6.07) is 3.71. The molecule has 100 valence electrons. The molecule has 1 aliphatic heterocycles. The van der Waals surface area contributed by atoms with E-state index in [1.807, 2.05) is 12.1 Å². The highest BCUT2D eigenvalue weighted by molar-refractivity contribution is 6.20. The van der Waals surface area contributed by atoms with Gasteiger partial charge in [0.05, 0.1) is 11.5 Å². The first-order valence-corrected chi connectivity index (χ1v) is 7.04. The molecule has 0 amide bonds. The van der Waals surface area contributed by atoms with Gasteiger partial charge in [-0.3, -0.25) is 0 Å². The minimum atomic E-state index is -0.123. The maximum Gasteiger partial charge on any atom is 0.129 e. The van der Waals surface area contributed by atoms with Gasteiger partial charge in [0.15, 0.2) is 0 Å². The number of hydrogen-bond donors (Lipinski definition) is 0. The fraction of sp³-hybridized carbons (Fsp3) is 0.600. The second-order valence-electron chi connectivity index (χ2n) is 5.15. The van der Waals surface area contributed by atoms with Crippen molar-refractivity contribution >= 4 is 11.6 Å². The van der Waals surface area contributed by atoms with Crippen LogP contribution in [0.1, 0.15) is 47.8 Å². The van der Waals surface area contributed by atoms with E-state index in [0.29, 0.717) is 17.2 Å². The molecule has 1 fully saturated rings. The normalized spacial score (nSPS) is 21.2. The van der Waals surface area contributed by atoms with Crippen LogP contribution in [-0.4, -0.2) is 12.7 Å². The molecule has 1 heterocycles. The van der Waals surface area contributed by atoms with E-state index in [-0.39, 0.29) is 11.2 Å². The van der Waals surface area contributed by atoms with E-state index < -0.39 is 0 Å². The highest BCUT2D eigenvalue weighted by Crippen LogP contribution is 2.30. The predicted molar refractivity (Wildman–Crippen MR) is 72.7 cm³/mol. The van der Waals surface area contributed by atoms with Crippen molar-refractivity contribution in [3.05, 3.63) is 34.6 Å². The fourth-order valence-corrected chi connectivity index (χ4v) is 2.78. The molecule has 1 nitrogen and oxygen atoms in total. The summed E-state index contributed by atoms with van der Waals surface area (Å²) < 4.78 is 19.1. The van der Waals surface area contributed by atoms with Gasteiger partial charge in [0.2, 0.25) is 0 Å². The maximum absolute atomic E-state index is 13.5. The van der Waals surface area contributed by atoms with Gasteiger partial charge in [-0.05, 0) is 56.2 Å². The summed E-state index contributed by atoms with van der Waals surface area (Å²) in [7, 11) is 0. The van der Waals surface area contributed by atoms with Crippen LogP contribution >= 0.6 is 11.6 Å². The number of alkyl halides is 1. The Morgan fingerprint density at radius 1 is 1.39 bits per heavy atom. The van der Waals surface area contributed by atoms with Crippen LogP contribution < -0.4 is 0 Å². The lowest BCUT2D eigenvalue weighted by Crippen LogP contribution is -2.06. The Morgan fingerprint density at radius 3 is 2.61 bits per heavy atom. The van der Waals surface area contributed by atoms with Crippen molar-refractivity contribution in [3.8, 4) is 0 Å². The Balaban J connectivity index is 1.97. The van der Waals surface area contributed by atoms with E-state index >= 15 is 0 Å². The number of halogens is 2. The topological polar surface area (TPSA) is 9.23 Å². The van der Waals surface area contributed by atoms with E-state index in [9.17, 15) is 4.39 Å². The molecule has 0 spiro atoms. The summed E-state index contributed by atoms with van der Waals surface area (Å²) in [5.41, 5.74) is 2.37. The molecule has 0 saturated carbocycles. The quantitative estimate of drug-likeness (QED) is 0.722. The SMILES string of the molecule is Cc1cc(C(Cl)CCC2CCCO2)cc(C)c1F. The molecule has 0 N–H and O–H groups in total. The summed E-state index contributed by atoms with van der Waals surface area (Å²) in [5, 5.41) is -0.0489. The van der Waals surface area contributed by atoms with Crippen LogP contribution in [0.15, 0.2) is 12.1 Å². The van der Waals surface area contributed by atoms with Gasteiger partial charge in [0.25, 0.3) is 0 Å². The van der Waals surface area contributed by atoms with Gasteiger partial charge in [-0.15, -0.1) is 11.6 Å². The summed E-state index contributed by atoms with van der Waals surface area (Å²) in [6.07, 6.45) is 4.55. The van der Waals surface area contributed by atoms with Crippen LogP contribution in [0.4, 0.5) is 4.39 Å². The molecule has 0 aliphatic carbocycles. The number of ether oxygens (including phenoxy) is 1. The molecule has 0 radical (unpaired) electrons. The first-order valence-electron chi connectivity index (χ1n) is 6.60. The number of hydrogen-bond acceptors (Lipinski definition) is 1. The van der Waals surface area contributed by atoms with Crippen molar-refractivity contribution in [1.29, 1.82) is 0 Å². The van der Waals surface area contributed by atoms with Gasteiger partial charge >= 0.3 is 0 Å². The lowest BCUT2D eigenvalue weighted by molar-refractivity contribution is 0.102. The molecule has 1 aliphatic rings. The highest BCUT2D eigenvalue weighted by atomic mass is 35.5. The third-order valence-corrected chi connectivity index (χ3v) is 4.06. The molecule has 1 aromatic rings. The third kappa shape index (κ3) is 3.24. The molecule has 2 rings (SSSR count). The summed E-state index contributed by atoms with van der Waals surface area (Å²) in [6.45, 7) is 4.46. The molecular weight excluding hydrogens is 251 g/mol. The van der Waals surface area contributed by atoms with Crippen LogP contribution in [0.2, 0.25) is 0 Å². The largest absolute Gasteiger partial charge is 0.378 e. The molecule has 0 bridgehead atoms. The Morgan fingerprint density at radius 2 is 2.06 bits per heavy atom. The van der Waals surface area contributed by atoms with Gasteiger partial charge in [0.1, 0.15) is 5.82 Å². The molecule has 1 saturated heterocycles. The highest BCUT2D eigenvalue weighted by Gasteiger charge is 2.18. The van der Waals surface area contributed by atoms with Crippen LogP contribution in [0.25, 0.3) is 0 Å². The smallest absolute Gasteiger partial charge is 0.129 e. The molecule has 18 heavy (non-hydrogen) atoms. The van der Waals surface area contributed by atoms with Gasteiger partial charge in [-0.25, -0.2) is 4.39 Å². The van der Waals surface area contributed by atoms with Gasteiger partial charge < -0.3 is 4.74 Å². The lowest BCUT2D eigenvalue weighted by Gasteiger charge is -2.15. The zero-order valence-electron chi connectivity index (χ0n) is 11.0. The average Bonchev–Trinajstić information content (AvgIpc) is 2.85. The van der Waals surface area contributed by atoms with E-state index in [0.717, 1.165) is 37.9 Å². The summed E-state index contributed by atoms with van der Waals surface area (Å²) in [5.74, 6) is -0.123. The van der Waals surface area contributed by atoms with Crippen LogP contribution in [0.3, 0.4) is 0 Å².